The predicted molar refractivity (Wildman–Crippen MR) is 178 cm³/mol. The number of hydrogen-bond donors (Lipinski definition) is 3. The maximum atomic E-state index is 14.1. The molecule has 5 rings (SSSR count). The highest BCUT2D eigenvalue weighted by atomic mass is 19.1. The Labute approximate surface area is 279 Å². The summed E-state index contributed by atoms with van der Waals surface area (Å²) in [6.07, 6.45) is 5.51. The SMILES string of the molecule is CC(C)(C)OC(=O)Nc1oc2cc(C3CCOCC3)cnc2c1C(=O)Nc1cnccc1N1C[C@H](CF)C[C@H](NC(=O)OC(C)(C)C)C1. The number of ether oxygens (including phenoxy) is 3. The topological polar surface area (TPSA) is 157 Å². The van der Waals surface area contributed by atoms with Crippen LogP contribution in [0.4, 0.5) is 31.2 Å². The Balaban J connectivity index is 1.43. The van der Waals surface area contributed by atoms with Crippen LogP contribution in [-0.2, 0) is 14.2 Å². The van der Waals surface area contributed by atoms with E-state index in [9.17, 15) is 18.8 Å². The number of alkyl carbamates (subject to hydrolysis) is 1. The summed E-state index contributed by atoms with van der Waals surface area (Å²) in [6.45, 7) is 11.9. The molecule has 13 nitrogen and oxygen atoms in total. The molecule has 5 heterocycles. The molecule has 14 heteroatoms. The number of pyridine rings is 2. The smallest absolute Gasteiger partial charge is 0.414 e. The van der Waals surface area contributed by atoms with Gasteiger partial charge in [0.25, 0.3) is 5.91 Å². The van der Waals surface area contributed by atoms with Gasteiger partial charge in [0.1, 0.15) is 22.3 Å². The number of hydrogen-bond acceptors (Lipinski definition) is 10. The Hall–Kier alpha value is -4.46. The van der Waals surface area contributed by atoms with E-state index in [1.165, 1.54) is 6.20 Å². The molecule has 0 aromatic carbocycles. The number of piperidine rings is 1. The standard InChI is InChI=1S/C34H45FN6O7/c1-33(2,3)47-31(43)38-23-13-20(15-35)18-41(19-23)25-7-10-36-17-24(25)39-29(42)27-28-26(46-30(27)40-32(44)48-34(4,5)6)14-22(16-37-28)21-8-11-45-12-9-21/h7,10,14,16-17,20-21,23H,8-9,11-13,15,18-19H2,1-6H3,(H,38,43)(H,39,42)(H,40,44)/t20-,23-/m0/s1. The van der Waals surface area contributed by atoms with Crippen LogP contribution >= 0.6 is 0 Å². The number of anilines is 3. The molecule has 2 atom stereocenters. The van der Waals surface area contributed by atoms with Crippen LogP contribution in [0.25, 0.3) is 11.1 Å². The fourth-order valence-corrected chi connectivity index (χ4v) is 5.98. The molecule has 3 aromatic heterocycles. The molecular weight excluding hydrogens is 623 g/mol. The van der Waals surface area contributed by atoms with Crippen LogP contribution in [0.3, 0.4) is 0 Å². The van der Waals surface area contributed by atoms with Crippen molar-refractivity contribution in [3.8, 4) is 0 Å². The van der Waals surface area contributed by atoms with Crippen LogP contribution in [0.1, 0.15) is 82.6 Å². The van der Waals surface area contributed by atoms with Gasteiger partial charge in [-0.3, -0.25) is 24.5 Å². The van der Waals surface area contributed by atoms with Crippen molar-refractivity contribution in [3.63, 3.8) is 0 Å². The second-order valence-corrected chi connectivity index (χ2v) is 14.3. The maximum absolute atomic E-state index is 14.1. The van der Waals surface area contributed by atoms with Crippen molar-refractivity contribution >= 4 is 46.5 Å². The number of fused-ring (bicyclic) bond motifs is 1. The van der Waals surface area contributed by atoms with E-state index in [4.69, 9.17) is 18.6 Å². The monoisotopic (exact) mass is 668 g/mol. The number of carbonyl (C=O) groups excluding carboxylic acids is 3. The van der Waals surface area contributed by atoms with Crippen LogP contribution < -0.4 is 20.9 Å². The normalized spacial score (nSPS) is 19.1. The average molecular weight is 669 g/mol. The van der Waals surface area contributed by atoms with Gasteiger partial charge in [0.15, 0.2) is 5.58 Å². The Morgan fingerprint density at radius 1 is 1.00 bits per heavy atom. The molecule has 0 unspecified atom stereocenters. The minimum Gasteiger partial charge on any atom is -0.444 e. The van der Waals surface area contributed by atoms with Gasteiger partial charge in [0, 0.05) is 44.6 Å². The second-order valence-electron chi connectivity index (χ2n) is 14.3. The molecule has 0 aliphatic carbocycles. The van der Waals surface area contributed by atoms with Gasteiger partial charge in [-0.05, 0) is 84.4 Å². The Bertz CT molecular complexity index is 1630. The number of nitrogens with one attached hydrogen (secondary N) is 3. The third-order valence-corrected chi connectivity index (χ3v) is 7.95. The van der Waals surface area contributed by atoms with E-state index < -0.39 is 42.0 Å². The molecule has 2 aliphatic heterocycles. The summed E-state index contributed by atoms with van der Waals surface area (Å²) >= 11 is 0. The molecule has 3 N–H and O–H groups in total. The first-order valence-corrected chi connectivity index (χ1v) is 16.2. The van der Waals surface area contributed by atoms with Crippen molar-refractivity contribution in [2.75, 3.05) is 48.5 Å². The lowest BCUT2D eigenvalue weighted by atomic mass is 9.93. The number of halogens is 1. The van der Waals surface area contributed by atoms with E-state index in [0.29, 0.717) is 49.7 Å². The van der Waals surface area contributed by atoms with E-state index in [2.05, 4.69) is 25.9 Å². The third-order valence-electron chi connectivity index (χ3n) is 7.95. The van der Waals surface area contributed by atoms with Gasteiger partial charge in [0.05, 0.1) is 30.3 Å². The summed E-state index contributed by atoms with van der Waals surface area (Å²) in [5, 5.41) is 8.35. The fraction of sp³-hybridized carbons (Fsp3) is 0.559. The van der Waals surface area contributed by atoms with E-state index >= 15 is 0 Å². The van der Waals surface area contributed by atoms with Crippen LogP contribution in [0.5, 0.6) is 0 Å². The lowest BCUT2D eigenvalue weighted by Gasteiger charge is -2.39. The minimum atomic E-state index is -0.795. The second kappa shape index (κ2) is 14.3. The largest absolute Gasteiger partial charge is 0.444 e. The summed E-state index contributed by atoms with van der Waals surface area (Å²) in [6, 6.07) is 3.16. The molecule has 2 aliphatic rings. The van der Waals surface area contributed by atoms with Gasteiger partial charge < -0.3 is 34.2 Å². The molecule has 3 aromatic rings. The number of alkyl halides is 1. The summed E-state index contributed by atoms with van der Waals surface area (Å²) in [5.41, 5.74) is 0.999. The lowest BCUT2D eigenvalue weighted by molar-refractivity contribution is 0.0490. The van der Waals surface area contributed by atoms with E-state index in [1.807, 2.05) is 11.0 Å². The van der Waals surface area contributed by atoms with Crippen molar-refractivity contribution in [2.45, 2.75) is 84.0 Å². The van der Waals surface area contributed by atoms with Gasteiger partial charge >= 0.3 is 12.2 Å². The fourth-order valence-electron chi connectivity index (χ4n) is 5.98. The van der Waals surface area contributed by atoms with Gasteiger partial charge in [-0.2, -0.15) is 0 Å². The van der Waals surface area contributed by atoms with E-state index in [0.717, 1.165) is 18.4 Å². The first-order chi connectivity index (χ1) is 22.7. The number of carbonyl (C=O) groups is 3. The Morgan fingerprint density at radius 2 is 1.71 bits per heavy atom. The highest BCUT2D eigenvalue weighted by Gasteiger charge is 2.32. The molecule has 2 fully saturated rings. The first kappa shape index (κ1) is 34.9. The maximum Gasteiger partial charge on any atom is 0.414 e. The van der Waals surface area contributed by atoms with Gasteiger partial charge in [-0.25, -0.2) is 9.59 Å². The Kier molecular flexibility index (Phi) is 10.4. The molecule has 260 valence electrons. The lowest BCUT2D eigenvalue weighted by Crippen LogP contribution is -2.52. The zero-order valence-corrected chi connectivity index (χ0v) is 28.4. The number of nitrogens with zero attached hydrogens (tertiary/aromatic N) is 3. The molecule has 48 heavy (non-hydrogen) atoms. The highest BCUT2D eigenvalue weighted by Crippen LogP contribution is 2.36. The molecule has 3 amide bonds. The highest BCUT2D eigenvalue weighted by molar-refractivity contribution is 6.16. The molecule has 0 bridgehead atoms. The number of aromatic nitrogens is 2. The summed E-state index contributed by atoms with van der Waals surface area (Å²) < 4.78 is 36.5. The van der Waals surface area contributed by atoms with Crippen molar-refractivity contribution in [1.29, 1.82) is 0 Å². The zero-order valence-electron chi connectivity index (χ0n) is 28.4. The van der Waals surface area contributed by atoms with Gasteiger partial charge in [0.2, 0.25) is 5.88 Å². The van der Waals surface area contributed by atoms with Gasteiger partial charge in [-0.15, -0.1) is 0 Å². The van der Waals surface area contributed by atoms with E-state index in [-0.39, 0.29) is 28.8 Å². The molecule has 0 radical (unpaired) electrons. The predicted octanol–water partition coefficient (Wildman–Crippen LogP) is 6.41. The minimum absolute atomic E-state index is 0.00828. The van der Waals surface area contributed by atoms with Crippen LogP contribution in [0.15, 0.2) is 35.1 Å². The molecule has 0 spiro atoms. The molecule has 2 saturated heterocycles. The third kappa shape index (κ3) is 8.91. The Morgan fingerprint density at radius 3 is 2.40 bits per heavy atom. The number of rotatable bonds is 7. The zero-order chi connectivity index (χ0) is 34.6. The molecule has 0 saturated carbocycles. The number of amides is 3. The summed E-state index contributed by atoms with van der Waals surface area (Å²) in [7, 11) is 0. The quantitative estimate of drug-likeness (QED) is 0.257. The van der Waals surface area contributed by atoms with Crippen LogP contribution in [-0.4, -0.2) is 78.3 Å². The average Bonchev–Trinajstić information content (AvgIpc) is 3.36. The molecular formula is C34H45FN6O7. The van der Waals surface area contributed by atoms with Gasteiger partial charge in [-0.1, -0.05) is 0 Å². The van der Waals surface area contributed by atoms with Crippen molar-refractivity contribution in [1.82, 2.24) is 15.3 Å². The van der Waals surface area contributed by atoms with Crippen molar-refractivity contribution in [3.05, 3.63) is 41.9 Å². The van der Waals surface area contributed by atoms with Crippen LogP contribution in [0.2, 0.25) is 0 Å². The summed E-state index contributed by atoms with van der Waals surface area (Å²) in [5.74, 6) is -0.865. The summed E-state index contributed by atoms with van der Waals surface area (Å²) in [4.78, 5) is 50.1. The van der Waals surface area contributed by atoms with E-state index in [1.54, 1.807) is 60.0 Å². The number of furan rings is 1. The van der Waals surface area contributed by atoms with Crippen LogP contribution in [0, 0.1) is 5.92 Å². The van der Waals surface area contributed by atoms with Crippen molar-refractivity contribution in [2.24, 2.45) is 5.92 Å². The first-order valence-electron chi connectivity index (χ1n) is 16.2. The van der Waals surface area contributed by atoms with Crippen molar-refractivity contribution < 1.29 is 37.4 Å².